The van der Waals surface area contributed by atoms with Crippen LogP contribution in [0.15, 0.2) is 45.7 Å². The molecule has 0 amide bonds. The zero-order valence-corrected chi connectivity index (χ0v) is 42.8. The van der Waals surface area contributed by atoms with Gasteiger partial charge in [0.15, 0.2) is 0 Å². The molecule has 4 aliphatic carbocycles. The molecule has 336 valence electrons. The topological polar surface area (TPSA) is 219 Å². The molecule has 64 heavy (non-hydrogen) atoms. The Morgan fingerprint density at radius 2 is 1.08 bits per heavy atom. The Labute approximate surface area is 418 Å². The summed E-state index contributed by atoms with van der Waals surface area (Å²) in [5.74, 6) is -1.36. The first kappa shape index (κ1) is 52.1. The molecule has 16 nitrogen and oxygen atoms in total. The van der Waals surface area contributed by atoms with E-state index >= 15 is 0 Å². The van der Waals surface area contributed by atoms with Crippen molar-refractivity contribution in [2.24, 2.45) is 28.6 Å². The van der Waals surface area contributed by atoms with Crippen LogP contribution in [0.3, 0.4) is 0 Å². The SMILES string of the molecule is Cn1cc(N(CCN)S(=O)(=O)N=C([O-])Cc2c3c(cc4c2CCC4)CCC3)cn1.Cn1cc(N(CCNCC(F)F)S(=O)(=O)N=C([O-])Cc2c3c(cc4c2CCC4)CCC3)cn1.[Na+].[Na+]. The van der Waals surface area contributed by atoms with Crippen molar-refractivity contribution >= 4 is 43.6 Å². The van der Waals surface area contributed by atoms with Crippen molar-refractivity contribution in [1.29, 1.82) is 0 Å². The monoisotopic (exact) mass is 942 g/mol. The number of nitrogens with zero attached hydrogens (tertiary/aromatic N) is 8. The number of anilines is 2. The molecule has 3 N–H and O–H groups in total. The second kappa shape index (κ2) is 22.7. The molecule has 22 heteroatoms. The largest absolute Gasteiger partial charge is 1.00 e. The third-order valence-electron chi connectivity index (χ3n) is 11.9. The van der Waals surface area contributed by atoms with Gasteiger partial charge < -0.3 is 21.3 Å². The molecule has 0 bridgehead atoms. The number of aryl methyl sites for hydroxylation is 6. The molecular weight excluding hydrogens is 889 g/mol. The summed E-state index contributed by atoms with van der Waals surface area (Å²) in [6, 6.07) is 4.54. The molecule has 0 radical (unpaired) electrons. The molecule has 2 aromatic carbocycles. The van der Waals surface area contributed by atoms with Crippen LogP contribution in [0.1, 0.15) is 81.3 Å². The van der Waals surface area contributed by atoms with Gasteiger partial charge in [-0.05, 0) is 144 Å². The van der Waals surface area contributed by atoms with Crippen LogP contribution in [0, 0.1) is 0 Å². The minimum Gasteiger partial charge on any atom is -0.861 e. The summed E-state index contributed by atoms with van der Waals surface area (Å²) < 4.78 is 88.8. The number of alkyl halides is 2. The first-order valence-electron chi connectivity index (χ1n) is 21.2. The summed E-state index contributed by atoms with van der Waals surface area (Å²) in [4.78, 5) is 0. The summed E-state index contributed by atoms with van der Waals surface area (Å²) in [6.07, 6.45) is 15.2. The van der Waals surface area contributed by atoms with Crippen molar-refractivity contribution in [1.82, 2.24) is 24.9 Å². The first-order valence-corrected chi connectivity index (χ1v) is 24.0. The minimum atomic E-state index is -4.38. The van der Waals surface area contributed by atoms with Crippen LogP contribution in [0.2, 0.25) is 0 Å². The van der Waals surface area contributed by atoms with Crippen molar-refractivity contribution in [2.45, 2.75) is 96.3 Å². The van der Waals surface area contributed by atoms with Gasteiger partial charge in [-0.3, -0.25) is 9.36 Å². The van der Waals surface area contributed by atoms with E-state index in [1.54, 1.807) is 20.3 Å². The smallest absolute Gasteiger partial charge is 0.861 e. The van der Waals surface area contributed by atoms with E-state index in [-0.39, 0.29) is 104 Å². The number of aromatic nitrogens is 4. The van der Waals surface area contributed by atoms with Crippen LogP contribution in [0.5, 0.6) is 0 Å². The number of fused-ring (bicyclic) bond motifs is 4. The summed E-state index contributed by atoms with van der Waals surface area (Å²) >= 11 is 0. The van der Waals surface area contributed by atoms with Gasteiger partial charge in [0.05, 0.1) is 30.3 Å². The van der Waals surface area contributed by atoms with Crippen LogP contribution >= 0.6 is 0 Å². The fraction of sp³-hybridized carbons (Fsp3) is 0.524. The van der Waals surface area contributed by atoms with Gasteiger partial charge in [0.25, 0.3) is 6.43 Å². The van der Waals surface area contributed by atoms with E-state index in [4.69, 9.17) is 5.73 Å². The predicted octanol–water partition coefficient (Wildman–Crippen LogP) is -4.28. The first-order chi connectivity index (χ1) is 29.6. The molecule has 0 saturated heterocycles. The molecule has 4 aromatic rings. The van der Waals surface area contributed by atoms with E-state index < -0.39 is 45.2 Å². The number of nitrogens with two attached hydrogens (primary N) is 1. The zero-order chi connectivity index (χ0) is 44.2. The number of hydrogen-bond donors (Lipinski definition) is 2. The number of nitrogens with one attached hydrogen (secondary N) is 1. The van der Waals surface area contributed by atoms with Crippen molar-refractivity contribution in [2.75, 3.05) is 41.3 Å². The normalized spacial score (nSPS) is 15.5. The quantitative estimate of drug-likeness (QED) is 0.0450. The van der Waals surface area contributed by atoms with Crippen LogP contribution in [0.4, 0.5) is 20.2 Å². The average Bonchev–Trinajstić information content (AvgIpc) is 4.06. The van der Waals surface area contributed by atoms with Gasteiger partial charge in [0.2, 0.25) is 0 Å². The number of rotatable bonds is 17. The van der Waals surface area contributed by atoms with Gasteiger partial charge in [-0.1, -0.05) is 12.1 Å². The summed E-state index contributed by atoms with van der Waals surface area (Å²) in [5.41, 5.74) is 18.1. The fourth-order valence-electron chi connectivity index (χ4n) is 9.36. The third-order valence-corrected chi connectivity index (χ3v) is 14.7. The molecule has 0 fully saturated rings. The molecule has 0 spiro atoms. The summed E-state index contributed by atoms with van der Waals surface area (Å²) in [7, 11) is -5.26. The maximum atomic E-state index is 13.1. The molecule has 0 atom stereocenters. The molecular formula is C42H54F2N10Na2O6S2. The number of benzene rings is 2. The Hall–Kier alpha value is -2.92. The molecule has 0 saturated carbocycles. The van der Waals surface area contributed by atoms with Crippen LogP contribution in [0.25, 0.3) is 0 Å². The van der Waals surface area contributed by atoms with Crippen molar-refractivity contribution in [3.63, 3.8) is 0 Å². The molecule has 2 heterocycles. The third kappa shape index (κ3) is 12.3. The summed E-state index contributed by atoms with van der Waals surface area (Å²) in [6.45, 7) is -0.602. The Morgan fingerprint density at radius 3 is 1.41 bits per heavy atom. The van der Waals surface area contributed by atoms with Gasteiger partial charge in [0, 0.05) is 65.5 Å². The van der Waals surface area contributed by atoms with E-state index in [9.17, 15) is 35.8 Å². The van der Waals surface area contributed by atoms with Gasteiger partial charge in [-0.2, -0.15) is 35.8 Å². The van der Waals surface area contributed by atoms with Gasteiger partial charge in [0.1, 0.15) is 0 Å². The van der Waals surface area contributed by atoms with E-state index in [1.807, 2.05) is 0 Å². The molecule has 0 unspecified atom stereocenters. The van der Waals surface area contributed by atoms with Crippen molar-refractivity contribution < 1.29 is 94.9 Å². The number of halogens is 2. The standard InChI is InChI=1S/C22H29F2N5O3S.C20H27N5O3S.2Na/c1-28-14-17(12-26-28)29(9-8-25-13-21(23)24)33(31,32)27-22(30)11-20-18-6-2-4-15(18)10-16-5-3-7-19(16)20;1-24-13-16(12-22-24)25(9-8-21)29(27,28)23-20(26)11-19-17-6-2-4-14(17)10-15-5-3-7-18(15)19;;/h10,12,14,21,25H,2-9,11,13H2,1H3,(H,27,30);10,12-13H,2-9,11,21H2,1H3,(H,23,26);;/q;;2*+1/p-2. The van der Waals surface area contributed by atoms with E-state index in [2.05, 4.69) is 36.4 Å². The van der Waals surface area contributed by atoms with Gasteiger partial charge >= 0.3 is 79.5 Å². The van der Waals surface area contributed by atoms with Gasteiger partial charge in [-0.15, -0.1) is 0 Å². The average molecular weight is 943 g/mol. The van der Waals surface area contributed by atoms with Crippen molar-refractivity contribution in [3.8, 4) is 0 Å². The van der Waals surface area contributed by atoms with Crippen LogP contribution in [-0.2, 0) is 98.7 Å². The number of hydrogen-bond acceptors (Lipinski definition) is 10. The molecule has 2 aromatic heterocycles. The van der Waals surface area contributed by atoms with E-state index in [1.165, 1.54) is 72.5 Å². The Morgan fingerprint density at radius 1 is 0.703 bits per heavy atom. The molecule has 8 rings (SSSR count). The van der Waals surface area contributed by atoms with Crippen LogP contribution < -0.4 is 89.0 Å². The van der Waals surface area contributed by atoms with Crippen LogP contribution in [-0.4, -0.2) is 87.3 Å². The van der Waals surface area contributed by atoms with E-state index in [0.29, 0.717) is 5.69 Å². The second-order valence-corrected chi connectivity index (χ2v) is 19.3. The Balaban J connectivity index is 0.000000235. The maximum absolute atomic E-state index is 13.1. The molecule has 0 aliphatic heterocycles. The zero-order valence-electron chi connectivity index (χ0n) is 37.2. The van der Waals surface area contributed by atoms with Gasteiger partial charge in [-0.25, -0.2) is 17.4 Å². The fourth-order valence-corrected chi connectivity index (χ4v) is 11.6. The van der Waals surface area contributed by atoms with E-state index in [0.717, 1.165) is 96.8 Å². The Kier molecular flexibility index (Phi) is 18.5. The second-order valence-electron chi connectivity index (χ2n) is 16.2. The van der Waals surface area contributed by atoms with Crippen molar-refractivity contribution in [3.05, 3.63) is 92.6 Å². The minimum absolute atomic E-state index is 0. The summed E-state index contributed by atoms with van der Waals surface area (Å²) in [5, 5.41) is 36.1. The molecule has 4 aliphatic rings. The Bertz CT molecular complexity index is 2500. The predicted molar refractivity (Wildman–Crippen MR) is 230 cm³/mol. The maximum Gasteiger partial charge on any atom is 1.00 e.